The zero-order valence-corrected chi connectivity index (χ0v) is 14.0. The highest BCUT2D eigenvalue weighted by molar-refractivity contribution is 7.09. The summed E-state index contributed by atoms with van der Waals surface area (Å²) in [7, 11) is 0. The smallest absolute Gasteiger partial charge is 0.123 e. The van der Waals surface area contributed by atoms with Crippen molar-refractivity contribution in [2.45, 2.75) is 45.8 Å². The Hall–Kier alpha value is -1.32. The van der Waals surface area contributed by atoms with E-state index in [0.717, 1.165) is 25.3 Å². The molecule has 0 radical (unpaired) electrons. The Balaban J connectivity index is 1.86. The first-order valence-corrected chi connectivity index (χ1v) is 8.57. The van der Waals surface area contributed by atoms with Crippen LogP contribution in [0.1, 0.15) is 43.6 Å². The standard InChI is InChI=1S/C18H25NOS/c1-4-14(2)17-9-5-6-10-18(17)20-15(3)12-19-13-16-8-7-11-21-16/h5-11,14-15,19H,4,12-13H2,1-3H3. The molecule has 1 heterocycles. The summed E-state index contributed by atoms with van der Waals surface area (Å²) in [5.74, 6) is 1.56. The zero-order valence-electron chi connectivity index (χ0n) is 13.1. The largest absolute Gasteiger partial charge is 0.489 e. The Kier molecular flexibility index (Phi) is 6.27. The summed E-state index contributed by atoms with van der Waals surface area (Å²) < 4.78 is 6.13. The third-order valence-electron chi connectivity index (χ3n) is 3.70. The third kappa shape index (κ3) is 4.87. The van der Waals surface area contributed by atoms with Crippen molar-refractivity contribution in [3.8, 4) is 5.75 Å². The van der Waals surface area contributed by atoms with Crippen molar-refractivity contribution in [1.82, 2.24) is 5.32 Å². The van der Waals surface area contributed by atoms with E-state index >= 15 is 0 Å². The summed E-state index contributed by atoms with van der Waals surface area (Å²) in [6.07, 6.45) is 1.29. The molecule has 0 aliphatic heterocycles. The van der Waals surface area contributed by atoms with Gasteiger partial charge in [-0.1, -0.05) is 38.1 Å². The molecule has 1 N–H and O–H groups in total. The highest BCUT2D eigenvalue weighted by atomic mass is 32.1. The van der Waals surface area contributed by atoms with E-state index < -0.39 is 0 Å². The molecule has 2 aromatic rings. The van der Waals surface area contributed by atoms with E-state index in [2.05, 4.69) is 61.8 Å². The van der Waals surface area contributed by atoms with Gasteiger partial charge in [0.15, 0.2) is 0 Å². The Labute approximate surface area is 132 Å². The molecule has 0 amide bonds. The molecule has 2 unspecified atom stereocenters. The lowest BCUT2D eigenvalue weighted by Crippen LogP contribution is -2.28. The number of para-hydroxylation sites is 1. The van der Waals surface area contributed by atoms with Crippen molar-refractivity contribution in [1.29, 1.82) is 0 Å². The van der Waals surface area contributed by atoms with Gasteiger partial charge in [-0.05, 0) is 42.3 Å². The molecule has 2 atom stereocenters. The van der Waals surface area contributed by atoms with E-state index in [1.165, 1.54) is 10.4 Å². The average molecular weight is 303 g/mol. The van der Waals surface area contributed by atoms with E-state index in [1.807, 2.05) is 6.07 Å². The quantitative estimate of drug-likeness (QED) is 0.755. The lowest BCUT2D eigenvalue weighted by atomic mass is 9.98. The van der Waals surface area contributed by atoms with Gasteiger partial charge in [0.1, 0.15) is 11.9 Å². The van der Waals surface area contributed by atoms with Gasteiger partial charge in [-0.15, -0.1) is 11.3 Å². The van der Waals surface area contributed by atoms with Crippen LogP contribution in [0.5, 0.6) is 5.75 Å². The molecule has 1 aromatic carbocycles. The van der Waals surface area contributed by atoms with E-state index in [9.17, 15) is 0 Å². The van der Waals surface area contributed by atoms with Crippen molar-refractivity contribution < 1.29 is 4.74 Å². The molecule has 3 heteroatoms. The molecule has 2 rings (SSSR count). The maximum atomic E-state index is 6.13. The third-order valence-corrected chi connectivity index (χ3v) is 4.58. The number of hydrogen-bond acceptors (Lipinski definition) is 3. The summed E-state index contributed by atoms with van der Waals surface area (Å²) >= 11 is 1.78. The minimum atomic E-state index is 0.162. The van der Waals surface area contributed by atoms with Crippen molar-refractivity contribution in [2.24, 2.45) is 0 Å². The fraction of sp³-hybridized carbons (Fsp3) is 0.444. The Morgan fingerprint density at radius 3 is 2.67 bits per heavy atom. The Morgan fingerprint density at radius 2 is 1.95 bits per heavy atom. The van der Waals surface area contributed by atoms with Gasteiger partial charge in [-0.25, -0.2) is 0 Å². The Morgan fingerprint density at radius 1 is 1.14 bits per heavy atom. The molecular weight excluding hydrogens is 278 g/mol. The number of benzene rings is 1. The van der Waals surface area contributed by atoms with E-state index in [0.29, 0.717) is 5.92 Å². The summed E-state index contributed by atoms with van der Waals surface area (Å²) in [5, 5.41) is 5.57. The molecule has 0 saturated carbocycles. The minimum absolute atomic E-state index is 0.162. The van der Waals surface area contributed by atoms with Gasteiger partial charge < -0.3 is 10.1 Å². The van der Waals surface area contributed by atoms with Crippen molar-refractivity contribution in [3.05, 3.63) is 52.2 Å². The maximum absolute atomic E-state index is 6.13. The van der Waals surface area contributed by atoms with Gasteiger partial charge in [0.2, 0.25) is 0 Å². The number of thiophene rings is 1. The highest BCUT2D eigenvalue weighted by Crippen LogP contribution is 2.28. The van der Waals surface area contributed by atoms with Crippen molar-refractivity contribution in [2.75, 3.05) is 6.54 Å². The molecule has 21 heavy (non-hydrogen) atoms. The van der Waals surface area contributed by atoms with Crippen LogP contribution in [-0.4, -0.2) is 12.6 Å². The van der Waals surface area contributed by atoms with Gasteiger partial charge >= 0.3 is 0 Å². The summed E-state index contributed by atoms with van der Waals surface area (Å²) in [6, 6.07) is 12.6. The fourth-order valence-electron chi connectivity index (χ4n) is 2.29. The predicted octanol–water partition coefficient (Wildman–Crippen LogP) is 4.82. The first-order chi connectivity index (χ1) is 10.2. The van der Waals surface area contributed by atoms with Crippen LogP contribution in [0.4, 0.5) is 0 Å². The van der Waals surface area contributed by atoms with E-state index in [4.69, 9.17) is 4.74 Å². The van der Waals surface area contributed by atoms with Crippen molar-refractivity contribution in [3.63, 3.8) is 0 Å². The predicted molar refractivity (Wildman–Crippen MR) is 91.3 cm³/mol. The maximum Gasteiger partial charge on any atom is 0.123 e. The van der Waals surface area contributed by atoms with Crippen molar-refractivity contribution >= 4 is 11.3 Å². The molecular formula is C18H25NOS. The molecule has 0 aliphatic carbocycles. The first kappa shape index (κ1) is 16.1. The number of rotatable bonds is 8. The second kappa shape index (κ2) is 8.20. The molecule has 1 aromatic heterocycles. The summed E-state index contributed by atoms with van der Waals surface area (Å²) in [4.78, 5) is 1.36. The number of hydrogen-bond donors (Lipinski definition) is 1. The molecule has 2 nitrogen and oxygen atoms in total. The summed E-state index contributed by atoms with van der Waals surface area (Å²) in [5.41, 5.74) is 1.31. The molecule has 0 fully saturated rings. The monoisotopic (exact) mass is 303 g/mol. The Bertz CT molecular complexity index is 524. The van der Waals surface area contributed by atoms with Crippen LogP contribution in [0.2, 0.25) is 0 Å². The van der Waals surface area contributed by atoms with Gasteiger partial charge in [0.05, 0.1) is 0 Å². The normalized spacial score (nSPS) is 13.9. The van der Waals surface area contributed by atoms with Crippen LogP contribution in [0.25, 0.3) is 0 Å². The van der Waals surface area contributed by atoms with E-state index in [-0.39, 0.29) is 6.10 Å². The van der Waals surface area contributed by atoms with E-state index in [1.54, 1.807) is 11.3 Å². The number of ether oxygens (including phenoxy) is 1. The second-order valence-corrected chi connectivity index (χ2v) is 6.52. The molecule has 0 bridgehead atoms. The molecule has 114 valence electrons. The minimum Gasteiger partial charge on any atom is -0.489 e. The topological polar surface area (TPSA) is 21.3 Å². The fourth-order valence-corrected chi connectivity index (χ4v) is 2.96. The highest BCUT2D eigenvalue weighted by Gasteiger charge is 2.12. The summed E-state index contributed by atoms with van der Waals surface area (Å²) in [6.45, 7) is 8.36. The van der Waals surface area contributed by atoms with Crippen LogP contribution in [0.3, 0.4) is 0 Å². The van der Waals surface area contributed by atoms with Crippen LogP contribution >= 0.6 is 11.3 Å². The van der Waals surface area contributed by atoms with Crippen LogP contribution < -0.4 is 10.1 Å². The second-order valence-electron chi connectivity index (χ2n) is 5.49. The average Bonchev–Trinajstić information content (AvgIpc) is 3.00. The first-order valence-electron chi connectivity index (χ1n) is 7.69. The van der Waals surface area contributed by atoms with Gasteiger partial charge in [0, 0.05) is 18.0 Å². The van der Waals surface area contributed by atoms with Gasteiger partial charge in [-0.3, -0.25) is 0 Å². The molecule has 0 aliphatic rings. The zero-order chi connectivity index (χ0) is 15.1. The van der Waals surface area contributed by atoms with Crippen LogP contribution in [0.15, 0.2) is 41.8 Å². The molecule has 0 spiro atoms. The lowest BCUT2D eigenvalue weighted by molar-refractivity contribution is 0.214. The van der Waals surface area contributed by atoms with Crippen LogP contribution in [0, 0.1) is 0 Å². The van der Waals surface area contributed by atoms with Gasteiger partial charge in [0.25, 0.3) is 0 Å². The number of nitrogens with one attached hydrogen (secondary N) is 1. The SMILES string of the molecule is CCC(C)c1ccccc1OC(C)CNCc1cccs1. The van der Waals surface area contributed by atoms with Crippen LogP contribution in [-0.2, 0) is 6.54 Å². The van der Waals surface area contributed by atoms with Gasteiger partial charge in [-0.2, -0.15) is 0 Å². The molecule has 0 saturated heterocycles. The lowest BCUT2D eigenvalue weighted by Gasteiger charge is -2.20.